The monoisotopic (exact) mass is 395 g/mol. The van der Waals surface area contributed by atoms with Crippen LogP contribution in [-0.2, 0) is 19.1 Å². The Kier molecular flexibility index (Phi) is 5.92. The second-order valence-electron chi connectivity index (χ2n) is 6.75. The Morgan fingerprint density at radius 3 is 1.59 bits per heavy atom. The Morgan fingerprint density at radius 1 is 0.759 bits per heavy atom. The van der Waals surface area contributed by atoms with Crippen LogP contribution >= 0.6 is 0 Å². The molecule has 29 heavy (non-hydrogen) atoms. The Bertz CT molecular complexity index is 938. The third kappa shape index (κ3) is 5.19. The largest absolute Gasteiger partial charge is 0.465 e. The molecule has 2 unspecified atom stereocenters. The van der Waals surface area contributed by atoms with Crippen molar-refractivity contribution in [3.8, 4) is 0 Å². The van der Waals surface area contributed by atoms with Gasteiger partial charge in [0.05, 0.1) is 24.5 Å². The average molecular weight is 395 g/mol. The molecule has 2 aromatic rings. The van der Waals surface area contributed by atoms with E-state index in [0.29, 0.717) is 29.0 Å². The molecule has 0 aromatic heterocycles. The van der Waals surface area contributed by atoms with Crippen molar-refractivity contribution in [1.82, 2.24) is 0 Å². The molecule has 8 nitrogen and oxygen atoms in total. The zero-order valence-corrected chi connectivity index (χ0v) is 16.0. The molecule has 1 aliphatic rings. The number of esters is 1. The molecule has 0 bridgehead atoms. The van der Waals surface area contributed by atoms with Gasteiger partial charge < -0.3 is 20.7 Å². The van der Waals surface area contributed by atoms with Gasteiger partial charge in [0.2, 0.25) is 17.7 Å². The Labute approximate surface area is 167 Å². The van der Waals surface area contributed by atoms with Crippen molar-refractivity contribution in [2.24, 2.45) is 11.8 Å². The number of hydrogen-bond donors (Lipinski definition) is 3. The maximum atomic E-state index is 12.3. The van der Waals surface area contributed by atoms with Crippen molar-refractivity contribution in [2.45, 2.75) is 13.3 Å². The molecule has 0 spiro atoms. The van der Waals surface area contributed by atoms with E-state index in [1.807, 2.05) is 0 Å². The number of benzene rings is 2. The predicted molar refractivity (Wildman–Crippen MR) is 107 cm³/mol. The van der Waals surface area contributed by atoms with Gasteiger partial charge in [0.15, 0.2) is 0 Å². The van der Waals surface area contributed by atoms with Gasteiger partial charge in [-0.15, -0.1) is 0 Å². The number of ether oxygens (including phenoxy) is 1. The second-order valence-corrected chi connectivity index (χ2v) is 6.75. The van der Waals surface area contributed by atoms with Crippen LogP contribution in [0.2, 0.25) is 0 Å². The van der Waals surface area contributed by atoms with Crippen LogP contribution in [0, 0.1) is 11.8 Å². The third-order valence-corrected chi connectivity index (χ3v) is 4.51. The van der Waals surface area contributed by atoms with E-state index in [4.69, 9.17) is 0 Å². The first kappa shape index (κ1) is 20.1. The number of hydrogen-bond acceptors (Lipinski definition) is 5. The summed E-state index contributed by atoms with van der Waals surface area (Å²) < 4.78 is 4.63. The minimum absolute atomic E-state index is 0.173. The number of carbonyl (C=O) groups excluding carboxylic acids is 4. The molecule has 2 atom stereocenters. The highest BCUT2D eigenvalue weighted by Crippen LogP contribution is 2.40. The van der Waals surface area contributed by atoms with Crippen molar-refractivity contribution >= 4 is 40.8 Å². The number of rotatable bonds is 6. The quantitative estimate of drug-likeness (QED) is 0.651. The number of amides is 3. The molecule has 150 valence electrons. The maximum absolute atomic E-state index is 12.3. The zero-order valence-electron chi connectivity index (χ0n) is 16.0. The summed E-state index contributed by atoms with van der Waals surface area (Å²) in [6.07, 6.45) is 0.474. The summed E-state index contributed by atoms with van der Waals surface area (Å²) in [5, 5.41) is 8.18. The number of methoxy groups -OCH3 is 1. The molecule has 2 aromatic carbocycles. The van der Waals surface area contributed by atoms with E-state index in [9.17, 15) is 19.2 Å². The van der Waals surface area contributed by atoms with E-state index in [1.54, 1.807) is 48.5 Å². The average Bonchev–Trinajstić information content (AvgIpc) is 3.50. The summed E-state index contributed by atoms with van der Waals surface area (Å²) in [4.78, 5) is 47.1. The lowest BCUT2D eigenvalue weighted by molar-refractivity contribution is -0.122. The first-order chi connectivity index (χ1) is 13.9. The molecule has 0 aliphatic heterocycles. The van der Waals surface area contributed by atoms with E-state index in [2.05, 4.69) is 20.7 Å². The smallest absolute Gasteiger partial charge is 0.337 e. The minimum Gasteiger partial charge on any atom is -0.465 e. The fourth-order valence-corrected chi connectivity index (χ4v) is 2.89. The van der Waals surface area contributed by atoms with Crippen LogP contribution in [0.5, 0.6) is 0 Å². The van der Waals surface area contributed by atoms with E-state index in [1.165, 1.54) is 14.0 Å². The van der Waals surface area contributed by atoms with Crippen molar-refractivity contribution in [2.75, 3.05) is 23.1 Å². The van der Waals surface area contributed by atoms with Gasteiger partial charge in [-0.2, -0.15) is 0 Å². The summed E-state index contributed by atoms with van der Waals surface area (Å²) >= 11 is 0. The number of nitrogens with one attached hydrogen (secondary N) is 3. The Balaban J connectivity index is 1.50. The highest BCUT2D eigenvalue weighted by atomic mass is 16.5. The van der Waals surface area contributed by atoms with Gasteiger partial charge in [0, 0.05) is 24.0 Å². The lowest BCUT2D eigenvalue weighted by Gasteiger charge is -2.08. The summed E-state index contributed by atoms with van der Waals surface area (Å²) in [5.74, 6) is -1.87. The topological polar surface area (TPSA) is 114 Å². The van der Waals surface area contributed by atoms with Crippen LogP contribution in [-0.4, -0.2) is 30.8 Å². The van der Waals surface area contributed by atoms with Crippen molar-refractivity contribution in [3.63, 3.8) is 0 Å². The van der Waals surface area contributed by atoms with Crippen molar-refractivity contribution in [1.29, 1.82) is 0 Å². The molecule has 1 saturated carbocycles. The van der Waals surface area contributed by atoms with Gasteiger partial charge >= 0.3 is 5.97 Å². The van der Waals surface area contributed by atoms with Gasteiger partial charge in [-0.25, -0.2) is 4.79 Å². The molecule has 8 heteroatoms. The highest BCUT2D eigenvalue weighted by Gasteiger charge is 2.48. The van der Waals surface area contributed by atoms with Crippen LogP contribution < -0.4 is 16.0 Å². The number of anilines is 3. The molecule has 0 saturated heterocycles. The number of carbonyl (C=O) groups is 4. The highest BCUT2D eigenvalue weighted by molar-refractivity contribution is 6.03. The standard InChI is InChI=1S/C21H21N3O5/c1-12(25)22-14-7-9-16(10-8-14)24-20(27)18-11-17(18)19(26)23-15-5-3-13(4-6-15)21(28)29-2/h3-10,17-18H,11H2,1-2H3,(H,22,25)(H,23,26)(H,24,27). The molecule has 3 rings (SSSR count). The third-order valence-electron chi connectivity index (χ3n) is 4.51. The fraction of sp³-hybridized carbons (Fsp3) is 0.238. The van der Waals surface area contributed by atoms with Crippen LogP contribution in [0.1, 0.15) is 23.7 Å². The first-order valence-electron chi connectivity index (χ1n) is 9.05. The van der Waals surface area contributed by atoms with E-state index in [0.717, 1.165) is 0 Å². The van der Waals surface area contributed by atoms with Crippen LogP contribution in [0.3, 0.4) is 0 Å². The van der Waals surface area contributed by atoms with E-state index >= 15 is 0 Å². The molecule has 1 aliphatic carbocycles. The molecular weight excluding hydrogens is 374 g/mol. The second kappa shape index (κ2) is 8.55. The lowest BCUT2D eigenvalue weighted by atomic mass is 10.2. The SMILES string of the molecule is COC(=O)c1ccc(NC(=O)C2CC2C(=O)Nc2ccc(NC(C)=O)cc2)cc1. The van der Waals surface area contributed by atoms with E-state index < -0.39 is 11.9 Å². The van der Waals surface area contributed by atoms with Gasteiger partial charge in [-0.3, -0.25) is 14.4 Å². The maximum Gasteiger partial charge on any atom is 0.337 e. The molecule has 3 amide bonds. The Hall–Kier alpha value is -3.68. The predicted octanol–water partition coefficient (Wildman–Crippen LogP) is 2.64. The van der Waals surface area contributed by atoms with Crippen LogP contribution in [0.15, 0.2) is 48.5 Å². The zero-order chi connectivity index (χ0) is 21.0. The molecule has 1 fully saturated rings. The van der Waals surface area contributed by atoms with Gasteiger partial charge in [-0.05, 0) is 55.0 Å². The van der Waals surface area contributed by atoms with Crippen LogP contribution in [0.25, 0.3) is 0 Å². The summed E-state index contributed by atoms with van der Waals surface area (Å²) in [6.45, 7) is 1.42. The summed E-state index contributed by atoms with van der Waals surface area (Å²) in [7, 11) is 1.30. The molecule has 0 heterocycles. The molecule has 3 N–H and O–H groups in total. The minimum atomic E-state index is -0.452. The lowest BCUT2D eigenvalue weighted by Crippen LogP contribution is -2.20. The molecular formula is C21H21N3O5. The van der Waals surface area contributed by atoms with Gasteiger partial charge in [0.25, 0.3) is 0 Å². The normalized spacial score (nSPS) is 17.0. The van der Waals surface area contributed by atoms with Gasteiger partial charge in [0.1, 0.15) is 0 Å². The van der Waals surface area contributed by atoms with Crippen molar-refractivity contribution < 1.29 is 23.9 Å². The first-order valence-corrected chi connectivity index (χ1v) is 9.05. The van der Waals surface area contributed by atoms with E-state index in [-0.39, 0.29) is 23.6 Å². The fourth-order valence-electron chi connectivity index (χ4n) is 2.89. The Morgan fingerprint density at radius 2 is 1.17 bits per heavy atom. The van der Waals surface area contributed by atoms with Gasteiger partial charge in [-0.1, -0.05) is 0 Å². The van der Waals surface area contributed by atoms with Crippen molar-refractivity contribution in [3.05, 3.63) is 54.1 Å². The van der Waals surface area contributed by atoms with Crippen LogP contribution in [0.4, 0.5) is 17.1 Å². The molecule has 0 radical (unpaired) electrons. The summed E-state index contributed by atoms with van der Waals surface area (Å²) in [5.41, 5.74) is 2.16. The summed E-state index contributed by atoms with van der Waals surface area (Å²) in [6, 6.07) is 13.1.